The van der Waals surface area contributed by atoms with E-state index >= 15 is 0 Å². The van der Waals surface area contributed by atoms with Crippen molar-refractivity contribution in [1.29, 1.82) is 0 Å². The molecule has 134 valence electrons. The third-order valence-corrected chi connectivity index (χ3v) is 5.33. The summed E-state index contributed by atoms with van der Waals surface area (Å²) in [4.78, 5) is 4.93. The number of benzene rings is 2. The molecule has 0 saturated carbocycles. The molecule has 2 heterocycles. The van der Waals surface area contributed by atoms with Gasteiger partial charge in [0, 0.05) is 37.4 Å². The van der Waals surface area contributed by atoms with Crippen molar-refractivity contribution in [3.63, 3.8) is 0 Å². The van der Waals surface area contributed by atoms with Crippen LogP contribution in [-0.4, -0.2) is 31.1 Å². The van der Waals surface area contributed by atoms with Gasteiger partial charge in [0.2, 0.25) is 0 Å². The molecule has 0 N–H and O–H groups in total. The van der Waals surface area contributed by atoms with Crippen molar-refractivity contribution < 1.29 is 4.42 Å². The highest BCUT2D eigenvalue weighted by atomic mass is 16.3. The van der Waals surface area contributed by atoms with Gasteiger partial charge in [-0.3, -0.25) is 4.90 Å². The van der Waals surface area contributed by atoms with Crippen molar-refractivity contribution >= 4 is 5.69 Å². The highest BCUT2D eigenvalue weighted by Crippen LogP contribution is 2.25. The number of anilines is 1. The molecule has 1 fully saturated rings. The van der Waals surface area contributed by atoms with Gasteiger partial charge in [-0.25, -0.2) is 0 Å². The molecule has 0 spiro atoms. The monoisotopic (exact) mass is 346 g/mol. The van der Waals surface area contributed by atoms with E-state index < -0.39 is 0 Å². The molecule has 1 aliphatic rings. The normalized spacial score (nSPS) is 15.4. The third kappa shape index (κ3) is 3.68. The van der Waals surface area contributed by atoms with Gasteiger partial charge in [0.25, 0.3) is 0 Å². The molecule has 3 aromatic rings. The van der Waals surface area contributed by atoms with Crippen molar-refractivity contribution in [3.8, 4) is 11.3 Å². The Morgan fingerprint density at radius 1 is 0.808 bits per heavy atom. The highest BCUT2D eigenvalue weighted by molar-refractivity contribution is 5.59. The summed E-state index contributed by atoms with van der Waals surface area (Å²) in [5.74, 6) is 2.01. The van der Waals surface area contributed by atoms with Gasteiger partial charge in [0.1, 0.15) is 11.5 Å². The predicted octanol–water partition coefficient (Wildman–Crippen LogP) is 4.89. The van der Waals surface area contributed by atoms with E-state index in [1.54, 1.807) is 0 Å². The lowest BCUT2D eigenvalue weighted by molar-refractivity contribution is 0.231. The van der Waals surface area contributed by atoms with Crippen LogP contribution in [0.15, 0.2) is 65.1 Å². The number of rotatable bonds is 4. The van der Waals surface area contributed by atoms with Gasteiger partial charge < -0.3 is 9.32 Å². The van der Waals surface area contributed by atoms with E-state index in [1.807, 2.05) is 0 Å². The molecule has 1 aromatic heterocycles. The third-order valence-electron chi connectivity index (χ3n) is 5.33. The van der Waals surface area contributed by atoms with Crippen LogP contribution in [0.4, 0.5) is 5.69 Å². The summed E-state index contributed by atoms with van der Waals surface area (Å²) in [6, 6.07) is 21.4. The van der Waals surface area contributed by atoms with Gasteiger partial charge >= 0.3 is 0 Å². The van der Waals surface area contributed by atoms with Gasteiger partial charge in [-0.15, -0.1) is 0 Å². The Morgan fingerprint density at radius 2 is 1.58 bits per heavy atom. The Bertz CT molecular complexity index is 861. The fourth-order valence-corrected chi connectivity index (χ4v) is 3.54. The van der Waals surface area contributed by atoms with Gasteiger partial charge in [0.15, 0.2) is 0 Å². The molecule has 4 rings (SSSR count). The largest absolute Gasteiger partial charge is 0.460 e. The number of para-hydroxylation sites is 1. The topological polar surface area (TPSA) is 19.6 Å². The zero-order chi connectivity index (χ0) is 17.9. The van der Waals surface area contributed by atoms with Crippen LogP contribution in [-0.2, 0) is 6.54 Å². The maximum atomic E-state index is 6.12. The van der Waals surface area contributed by atoms with Crippen LogP contribution in [0.2, 0.25) is 0 Å². The molecule has 3 nitrogen and oxygen atoms in total. The van der Waals surface area contributed by atoms with Crippen LogP contribution in [0.25, 0.3) is 11.3 Å². The summed E-state index contributed by atoms with van der Waals surface area (Å²) < 4.78 is 6.12. The van der Waals surface area contributed by atoms with E-state index in [4.69, 9.17) is 4.42 Å². The first-order valence-electron chi connectivity index (χ1n) is 9.38. The van der Waals surface area contributed by atoms with E-state index in [9.17, 15) is 0 Å². The number of hydrogen-bond acceptors (Lipinski definition) is 3. The molecule has 1 aliphatic heterocycles. The second-order valence-corrected chi connectivity index (χ2v) is 7.16. The van der Waals surface area contributed by atoms with Crippen LogP contribution in [0, 0.1) is 13.8 Å². The molecule has 1 saturated heterocycles. The molecule has 0 amide bonds. The summed E-state index contributed by atoms with van der Waals surface area (Å²) in [6.07, 6.45) is 0. The molecule has 0 atom stereocenters. The molecule has 0 unspecified atom stereocenters. The first kappa shape index (κ1) is 16.9. The minimum Gasteiger partial charge on any atom is -0.460 e. The highest BCUT2D eigenvalue weighted by Gasteiger charge is 2.18. The molecule has 2 aromatic carbocycles. The lowest BCUT2D eigenvalue weighted by Gasteiger charge is -2.35. The molecule has 0 bridgehead atoms. The van der Waals surface area contributed by atoms with Crippen LogP contribution in [0.5, 0.6) is 0 Å². The lowest BCUT2D eigenvalue weighted by atomic mass is 10.1. The first-order chi connectivity index (χ1) is 12.7. The van der Waals surface area contributed by atoms with Crippen molar-refractivity contribution in [2.24, 2.45) is 0 Å². The zero-order valence-electron chi connectivity index (χ0n) is 15.6. The minimum absolute atomic E-state index is 0.882. The maximum Gasteiger partial charge on any atom is 0.134 e. The summed E-state index contributed by atoms with van der Waals surface area (Å²) in [5.41, 5.74) is 5.10. The van der Waals surface area contributed by atoms with Gasteiger partial charge in [-0.05, 0) is 55.3 Å². The van der Waals surface area contributed by atoms with Crippen LogP contribution < -0.4 is 4.90 Å². The first-order valence-corrected chi connectivity index (χ1v) is 9.38. The average molecular weight is 346 g/mol. The van der Waals surface area contributed by atoms with Gasteiger partial charge in [-0.2, -0.15) is 0 Å². The summed E-state index contributed by atoms with van der Waals surface area (Å²) in [7, 11) is 0. The fourth-order valence-electron chi connectivity index (χ4n) is 3.54. The Kier molecular flexibility index (Phi) is 4.81. The van der Waals surface area contributed by atoms with Gasteiger partial charge in [0.05, 0.1) is 6.54 Å². The Morgan fingerprint density at radius 3 is 2.31 bits per heavy atom. The Labute approximate surface area is 155 Å². The fraction of sp³-hybridized carbons (Fsp3) is 0.304. The minimum atomic E-state index is 0.882. The predicted molar refractivity (Wildman–Crippen MR) is 108 cm³/mol. The van der Waals surface area contributed by atoms with Crippen LogP contribution >= 0.6 is 0 Å². The standard InChI is InChI=1S/C23H26N2O/c1-18-8-9-20(16-19(18)2)23-11-10-22(26-23)17-24-12-14-25(15-13-24)21-6-4-3-5-7-21/h3-11,16H,12-15,17H2,1-2H3. The second-order valence-electron chi connectivity index (χ2n) is 7.16. The van der Waals surface area contributed by atoms with Crippen molar-refractivity contribution in [1.82, 2.24) is 4.90 Å². The maximum absolute atomic E-state index is 6.12. The lowest BCUT2D eigenvalue weighted by Crippen LogP contribution is -2.45. The van der Waals surface area contributed by atoms with E-state index in [2.05, 4.69) is 84.3 Å². The van der Waals surface area contributed by atoms with Crippen molar-refractivity contribution in [2.45, 2.75) is 20.4 Å². The smallest absolute Gasteiger partial charge is 0.134 e. The van der Waals surface area contributed by atoms with E-state index in [1.165, 1.54) is 16.8 Å². The molecule has 26 heavy (non-hydrogen) atoms. The van der Waals surface area contributed by atoms with Crippen LogP contribution in [0.1, 0.15) is 16.9 Å². The van der Waals surface area contributed by atoms with Crippen molar-refractivity contribution in [3.05, 3.63) is 77.6 Å². The SMILES string of the molecule is Cc1ccc(-c2ccc(CN3CCN(c4ccccc4)CC3)o2)cc1C. The number of furan rings is 1. The summed E-state index contributed by atoms with van der Waals surface area (Å²) in [5, 5.41) is 0. The van der Waals surface area contributed by atoms with Crippen molar-refractivity contribution in [2.75, 3.05) is 31.1 Å². The molecular formula is C23H26N2O. The zero-order valence-corrected chi connectivity index (χ0v) is 15.6. The number of nitrogens with zero attached hydrogens (tertiary/aromatic N) is 2. The molecule has 0 aliphatic carbocycles. The Balaban J connectivity index is 1.37. The number of hydrogen-bond donors (Lipinski definition) is 0. The van der Waals surface area contributed by atoms with Gasteiger partial charge in [-0.1, -0.05) is 30.3 Å². The van der Waals surface area contributed by atoms with E-state index in [0.717, 1.165) is 49.8 Å². The summed E-state index contributed by atoms with van der Waals surface area (Å²) >= 11 is 0. The Hall–Kier alpha value is -2.52. The number of piperazine rings is 1. The van der Waals surface area contributed by atoms with E-state index in [-0.39, 0.29) is 0 Å². The molecule has 3 heteroatoms. The second kappa shape index (κ2) is 7.38. The summed E-state index contributed by atoms with van der Waals surface area (Å²) in [6.45, 7) is 9.43. The molecular weight excluding hydrogens is 320 g/mol. The average Bonchev–Trinajstić information content (AvgIpc) is 3.14. The van der Waals surface area contributed by atoms with Crippen LogP contribution in [0.3, 0.4) is 0 Å². The van der Waals surface area contributed by atoms with E-state index in [0.29, 0.717) is 0 Å². The number of aryl methyl sites for hydroxylation is 2. The molecule has 0 radical (unpaired) electrons. The quantitative estimate of drug-likeness (QED) is 0.671.